The summed E-state index contributed by atoms with van der Waals surface area (Å²) in [7, 11) is 0. The summed E-state index contributed by atoms with van der Waals surface area (Å²) in [6.45, 7) is -0.108. The molecule has 0 amide bonds. The van der Waals surface area contributed by atoms with Gasteiger partial charge in [-0.25, -0.2) is 9.67 Å². The maximum atomic E-state index is 9.12. The first kappa shape index (κ1) is 12.3. The quantitative estimate of drug-likeness (QED) is 0.806. The Kier molecular flexibility index (Phi) is 3.33. The largest absolute Gasteiger partial charge is 0.391 e. The van der Waals surface area contributed by atoms with Crippen LogP contribution in [0.1, 0.15) is 4.88 Å². The normalized spacial score (nSPS) is 10.8. The van der Waals surface area contributed by atoms with Gasteiger partial charge in [0.05, 0.1) is 17.7 Å². The zero-order valence-corrected chi connectivity index (χ0v) is 11.4. The second-order valence-electron chi connectivity index (χ2n) is 3.91. The van der Waals surface area contributed by atoms with Gasteiger partial charge in [0.2, 0.25) is 5.13 Å². The molecule has 1 N–H and O–H groups in total. The Morgan fingerprint density at radius 2 is 2.00 bits per heavy atom. The lowest BCUT2D eigenvalue weighted by Crippen LogP contribution is -1.91. The number of hydrogen-bond acceptors (Lipinski definition) is 4. The van der Waals surface area contributed by atoms with Gasteiger partial charge in [-0.05, 0) is 5.56 Å². The Morgan fingerprint density at radius 1 is 1.21 bits per heavy atom. The lowest BCUT2D eigenvalue weighted by Gasteiger charge is -1.95. The highest BCUT2D eigenvalue weighted by molar-refractivity contribution is 7.14. The summed E-state index contributed by atoms with van der Waals surface area (Å²) < 4.78 is 1.66. The van der Waals surface area contributed by atoms with Gasteiger partial charge in [-0.1, -0.05) is 53.3 Å². The van der Waals surface area contributed by atoms with Crippen molar-refractivity contribution in [2.75, 3.05) is 0 Å². The van der Waals surface area contributed by atoms with E-state index in [0.29, 0.717) is 15.2 Å². The number of nitrogens with zero attached hydrogens (tertiary/aromatic N) is 3. The summed E-state index contributed by atoms with van der Waals surface area (Å²) in [4.78, 5) is 4.83. The van der Waals surface area contributed by atoms with E-state index in [1.165, 1.54) is 11.3 Å². The summed E-state index contributed by atoms with van der Waals surface area (Å²) in [6, 6.07) is 9.99. The monoisotopic (exact) mass is 291 g/mol. The summed E-state index contributed by atoms with van der Waals surface area (Å²) in [5.41, 5.74) is 2.11. The number of aromatic nitrogens is 3. The van der Waals surface area contributed by atoms with E-state index in [1.54, 1.807) is 10.9 Å². The number of benzene rings is 1. The highest BCUT2D eigenvalue weighted by Crippen LogP contribution is 2.27. The van der Waals surface area contributed by atoms with Crippen molar-refractivity contribution in [3.63, 3.8) is 0 Å². The number of rotatable bonds is 3. The van der Waals surface area contributed by atoms with Crippen LogP contribution in [0.25, 0.3) is 16.3 Å². The molecule has 0 fully saturated rings. The van der Waals surface area contributed by atoms with Gasteiger partial charge in [0.25, 0.3) is 0 Å². The van der Waals surface area contributed by atoms with Crippen LogP contribution in [-0.4, -0.2) is 19.9 Å². The van der Waals surface area contributed by atoms with E-state index >= 15 is 0 Å². The Labute approximate surface area is 118 Å². The lowest BCUT2D eigenvalue weighted by molar-refractivity contribution is 0.285. The molecule has 2 aromatic heterocycles. The molecule has 19 heavy (non-hydrogen) atoms. The van der Waals surface area contributed by atoms with Gasteiger partial charge in [-0.15, -0.1) is 0 Å². The number of thiazole rings is 1. The van der Waals surface area contributed by atoms with E-state index in [1.807, 2.05) is 36.5 Å². The molecule has 0 aliphatic carbocycles. The zero-order valence-electron chi connectivity index (χ0n) is 9.82. The maximum Gasteiger partial charge on any atom is 0.212 e. The third-order valence-corrected chi connectivity index (χ3v) is 4.12. The van der Waals surface area contributed by atoms with Crippen LogP contribution in [-0.2, 0) is 6.61 Å². The molecule has 1 aromatic carbocycles. The lowest BCUT2D eigenvalue weighted by atomic mass is 10.1. The summed E-state index contributed by atoms with van der Waals surface area (Å²) in [6.07, 6.45) is 3.68. The highest BCUT2D eigenvalue weighted by atomic mass is 35.5. The molecule has 0 aliphatic rings. The van der Waals surface area contributed by atoms with Crippen LogP contribution < -0.4 is 0 Å². The van der Waals surface area contributed by atoms with Gasteiger partial charge in [-0.2, -0.15) is 5.10 Å². The summed E-state index contributed by atoms with van der Waals surface area (Å²) in [5.74, 6) is 0. The maximum absolute atomic E-state index is 9.12. The van der Waals surface area contributed by atoms with E-state index in [2.05, 4.69) is 10.1 Å². The molecule has 0 spiro atoms. The third kappa shape index (κ3) is 2.40. The molecule has 6 heteroatoms. The Bertz CT molecular complexity index is 693. The molecule has 3 aromatic rings. The average molecular weight is 292 g/mol. The van der Waals surface area contributed by atoms with Crippen molar-refractivity contribution in [3.8, 4) is 16.3 Å². The van der Waals surface area contributed by atoms with Crippen molar-refractivity contribution in [2.24, 2.45) is 0 Å². The first-order chi connectivity index (χ1) is 9.28. The number of aliphatic hydroxyl groups excluding tert-OH is 1. The highest BCUT2D eigenvalue weighted by Gasteiger charge is 2.11. The first-order valence-electron chi connectivity index (χ1n) is 5.64. The van der Waals surface area contributed by atoms with E-state index in [4.69, 9.17) is 16.7 Å². The van der Waals surface area contributed by atoms with Crippen molar-refractivity contribution in [2.45, 2.75) is 6.61 Å². The fourth-order valence-corrected chi connectivity index (χ4v) is 2.77. The molecule has 0 radical (unpaired) electrons. The van der Waals surface area contributed by atoms with E-state index in [9.17, 15) is 0 Å². The van der Waals surface area contributed by atoms with Gasteiger partial charge in [-0.3, -0.25) is 0 Å². The topological polar surface area (TPSA) is 50.9 Å². The smallest absolute Gasteiger partial charge is 0.212 e. The number of aliphatic hydroxyl groups is 1. The van der Waals surface area contributed by atoms with Crippen molar-refractivity contribution in [1.82, 2.24) is 14.8 Å². The van der Waals surface area contributed by atoms with E-state index in [0.717, 1.165) is 11.1 Å². The summed E-state index contributed by atoms with van der Waals surface area (Å²) in [5, 5.41) is 14.4. The second kappa shape index (κ2) is 5.13. The predicted octanol–water partition coefficient (Wildman–Crippen LogP) is 3.14. The zero-order chi connectivity index (χ0) is 13.2. The molecule has 0 aliphatic heterocycles. The van der Waals surface area contributed by atoms with Gasteiger partial charge >= 0.3 is 0 Å². The SMILES string of the molecule is OCc1sc(-n2cc(-c3ccccc3)cn2)nc1Cl. The number of halogens is 1. The molecule has 0 atom stereocenters. The Hall–Kier alpha value is -1.69. The van der Waals surface area contributed by atoms with Crippen LogP contribution in [0, 0.1) is 0 Å². The molecule has 0 bridgehead atoms. The first-order valence-corrected chi connectivity index (χ1v) is 6.84. The molecule has 3 rings (SSSR count). The van der Waals surface area contributed by atoms with Crippen molar-refractivity contribution < 1.29 is 5.11 Å². The van der Waals surface area contributed by atoms with Gasteiger partial charge in [0.1, 0.15) is 5.15 Å². The number of hydrogen-bond donors (Lipinski definition) is 1. The minimum Gasteiger partial charge on any atom is -0.391 e. The second-order valence-corrected chi connectivity index (χ2v) is 5.33. The summed E-state index contributed by atoms with van der Waals surface area (Å²) >= 11 is 7.25. The van der Waals surface area contributed by atoms with Crippen molar-refractivity contribution in [1.29, 1.82) is 0 Å². The fraction of sp³-hybridized carbons (Fsp3) is 0.0769. The Balaban J connectivity index is 1.97. The van der Waals surface area contributed by atoms with Crippen LogP contribution in [0.2, 0.25) is 5.15 Å². The van der Waals surface area contributed by atoms with Crippen LogP contribution >= 0.6 is 22.9 Å². The van der Waals surface area contributed by atoms with Crippen LogP contribution in [0.15, 0.2) is 42.7 Å². The molecule has 4 nitrogen and oxygen atoms in total. The minimum absolute atomic E-state index is 0.108. The molecule has 0 saturated heterocycles. The van der Waals surface area contributed by atoms with Crippen LogP contribution in [0.5, 0.6) is 0 Å². The third-order valence-electron chi connectivity index (χ3n) is 2.67. The minimum atomic E-state index is -0.108. The van der Waals surface area contributed by atoms with Crippen molar-refractivity contribution in [3.05, 3.63) is 52.8 Å². The molecule has 96 valence electrons. The van der Waals surface area contributed by atoms with E-state index < -0.39 is 0 Å². The molecular formula is C13H10ClN3OS. The van der Waals surface area contributed by atoms with Gasteiger partial charge in [0, 0.05) is 11.8 Å². The Morgan fingerprint density at radius 3 is 2.68 bits per heavy atom. The molecule has 2 heterocycles. The molecule has 0 saturated carbocycles. The fourth-order valence-electron chi connectivity index (χ4n) is 1.72. The molecular weight excluding hydrogens is 282 g/mol. The van der Waals surface area contributed by atoms with Gasteiger partial charge < -0.3 is 5.11 Å². The standard InChI is InChI=1S/C13H10ClN3OS/c14-12-11(8-18)19-13(16-12)17-7-10(6-15-17)9-4-2-1-3-5-9/h1-7,18H,8H2. The van der Waals surface area contributed by atoms with Gasteiger partial charge in [0.15, 0.2) is 0 Å². The molecule has 0 unspecified atom stereocenters. The van der Waals surface area contributed by atoms with E-state index in [-0.39, 0.29) is 6.61 Å². The van der Waals surface area contributed by atoms with Crippen LogP contribution in [0.4, 0.5) is 0 Å². The average Bonchev–Trinajstić information content (AvgIpc) is 3.06. The predicted molar refractivity (Wildman–Crippen MR) is 75.6 cm³/mol. The van der Waals surface area contributed by atoms with Crippen LogP contribution in [0.3, 0.4) is 0 Å². The van der Waals surface area contributed by atoms with Crippen molar-refractivity contribution >= 4 is 22.9 Å².